The molecule has 0 aliphatic carbocycles. The van der Waals surface area contributed by atoms with Gasteiger partial charge in [0.25, 0.3) is 5.69 Å². The number of nitrogens with one attached hydrogen (secondary N) is 1. The van der Waals surface area contributed by atoms with E-state index in [0.717, 1.165) is 35.7 Å². The molecule has 8 nitrogen and oxygen atoms in total. The lowest BCUT2D eigenvalue weighted by Crippen LogP contribution is -2.19. The van der Waals surface area contributed by atoms with Crippen LogP contribution in [0, 0.1) is 10.1 Å². The fourth-order valence-electron chi connectivity index (χ4n) is 2.23. The second-order valence-electron chi connectivity index (χ2n) is 5.44. The minimum Gasteiger partial charge on any atom is -0.872 e. The van der Waals surface area contributed by atoms with Gasteiger partial charge in [0.1, 0.15) is 5.01 Å². The number of hydrazone groups is 1. The standard InChI is InChI=1S/C18H14N4O4S/c23-16-7-6-14(22(25)26)8-13(16)10-19-21-17(24)9-18-20-15(11-27-18)12-4-2-1-3-5-12/h1-8,10-11,23H,9H2,(H,21,24)/p-1/b19-10-. The Morgan fingerprint density at radius 3 is 2.78 bits per heavy atom. The number of nitro benzene ring substituents is 1. The van der Waals surface area contributed by atoms with Gasteiger partial charge >= 0.3 is 0 Å². The number of carbonyl (C=O) groups excluding carboxylic acids is 1. The molecule has 0 saturated carbocycles. The van der Waals surface area contributed by atoms with E-state index >= 15 is 0 Å². The lowest BCUT2D eigenvalue weighted by atomic mass is 10.2. The first kappa shape index (κ1) is 18.2. The van der Waals surface area contributed by atoms with Crippen molar-refractivity contribution in [3.63, 3.8) is 0 Å². The topological polar surface area (TPSA) is 121 Å². The summed E-state index contributed by atoms with van der Waals surface area (Å²) < 4.78 is 0. The molecule has 3 rings (SSSR count). The molecule has 1 N–H and O–H groups in total. The van der Waals surface area contributed by atoms with E-state index in [0.29, 0.717) is 5.01 Å². The third kappa shape index (κ3) is 4.73. The number of rotatable bonds is 6. The summed E-state index contributed by atoms with van der Waals surface area (Å²) in [5, 5.41) is 28.6. The first-order valence-electron chi connectivity index (χ1n) is 7.80. The van der Waals surface area contributed by atoms with Crippen molar-refractivity contribution >= 4 is 29.1 Å². The molecule has 2 aromatic carbocycles. The van der Waals surface area contributed by atoms with Crippen LogP contribution in [-0.2, 0) is 11.2 Å². The Morgan fingerprint density at radius 2 is 2.04 bits per heavy atom. The van der Waals surface area contributed by atoms with Gasteiger partial charge in [-0.2, -0.15) is 5.10 Å². The van der Waals surface area contributed by atoms with E-state index in [4.69, 9.17) is 0 Å². The summed E-state index contributed by atoms with van der Waals surface area (Å²) in [7, 11) is 0. The normalized spacial score (nSPS) is 10.8. The largest absolute Gasteiger partial charge is 0.872 e. The average Bonchev–Trinajstić information content (AvgIpc) is 3.12. The fraction of sp³-hybridized carbons (Fsp3) is 0.0556. The van der Waals surface area contributed by atoms with Gasteiger partial charge in [0, 0.05) is 23.1 Å². The lowest BCUT2D eigenvalue weighted by molar-refractivity contribution is -0.385. The average molecular weight is 381 g/mol. The van der Waals surface area contributed by atoms with Crippen LogP contribution >= 0.6 is 11.3 Å². The zero-order valence-electron chi connectivity index (χ0n) is 13.9. The summed E-state index contributed by atoms with van der Waals surface area (Å²) >= 11 is 1.36. The molecule has 0 bridgehead atoms. The number of non-ortho nitro benzene ring substituents is 1. The van der Waals surface area contributed by atoms with E-state index in [1.54, 1.807) is 0 Å². The number of carbonyl (C=O) groups is 1. The molecule has 0 atom stereocenters. The van der Waals surface area contributed by atoms with E-state index in [2.05, 4.69) is 15.5 Å². The van der Waals surface area contributed by atoms with Crippen LogP contribution in [0.5, 0.6) is 5.75 Å². The van der Waals surface area contributed by atoms with Crippen molar-refractivity contribution in [3.8, 4) is 17.0 Å². The van der Waals surface area contributed by atoms with Crippen LogP contribution in [0.25, 0.3) is 11.3 Å². The van der Waals surface area contributed by atoms with Gasteiger partial charge in [-0.3, -0.25) is 14.9 Å². The Morgan fingerprint density at radius 1 is 1.26 bits per heavy atom. The van der Waals surface area contributed by atoms with Crippen molar-refractivity contribution < 1.29 is 14.8 Å². The van der Waals surface area contributed by atoms with Crippen LogP contribution in [0.4, 0.5) is 5.69 Å². The summed E-state index contributed by atoms with van der Waals surface area (Å²) in [6.07, 6.45) is 1.12. The molecule has 136 valence electrons. The van der Waals surface area contributed by atoms with Gasteiger partial charge < -0.3 is 5.11 Å². The van der Waals surface area contributed by atoms with Gasteiger partial charge in [0.05, 0.1) is 23.3 Å². The molecule has 1 amide bonds. The quantitative estimate of drug-likeness (QED) is 0.399. The molecule has 0 aliphatic rings. The predicted octanol–water partition coefficient (Wildman–Crippen LogP) is 2.48. The molecule has 27 heavy (non-hydrogen) atoms. The third-order valence-electron chi connectivity index (χ3n) is 3.53. The van der Waals surface area contributed by atoms with Crippen LogP contribution in [-0.4, -0.2) is 22.0 Å². The summed E-state index contributed by atoms with van der Waals surface area (Å²) in [5.41, 5.74) is 3.84. The smallest absolute Gasteiger partial charge is 0.270 e. The van der Waals surface area contributed by atoms with Crippen LogP contribution in [0.15, 0.2) is 59.0 Å². The summed E-state index contributed by atoms with van der Waals surface area (Å²) in [6.45, 7) is 0. The van der Waals surface area contributed by atoms with E-state index in [9.17, 15) is 20.0 Å². The third-order valence-corrected chi connectivity index (χ3v) is 4.38. The highest BCUT2D eigenvalue weighted by molar-refractivity contribution is 7.10. The number of aromatic nitrogens is 1. The van der Waals surface area contributed by atoms with Crippen molar-refractivity contribution in [2.45, 2.75) is 6.42 Å². The van der Waals surface area contributed by atoms with E-state index in [1.165, 1.54) is 11.3 Å². The van der Waals surface area contributed by atoms with Crippen molar-refractivity contribution in [2.75, 3.05) is 0 Å². The molecule has 0 unspecified atom stereocenters. The van der Waals surface area contributed by atoms with E-state index in [1.807, 2.05) is 35.7 Å². The highest BCUT2D eigenvalue weighted by atomic mass is 32.1. The highest BCUT2D eigenvalue weighted by Gasteiger charge is 2.09. The first-order chi connectivity index (χ1) is 13.0. The molecule has 9 heteroatoms. The predicted molar refractivity (Wildman–Crippen MR) is 99.5 cm³/mol. The molecule has 0 aliphatic heterocycles. The van der Waals surface area contributed by atoms with Gasteiger partial charge in [0.15, 0.2) is 0 Å². The fourth-order valence-corrected chi connectivity index (χ4v) is 3.04. The van der Waals surface area contributed by atoms with E-state index in [-0.39, 0.29) is 17.7 Å². The highest BCUT2D eigenvalue weighted by Crippen LogP contribution is 2.22. The zero-order chi connectivity index (χ0) is 19.2. The van der Waals surface area contributed by atoms with Gasteiger partial charge in [-0.1, -0.05) is 42.1 Å². The first-order valence-corrected chi connectivity index (χ1v) is 8.68. The minimum atomic E-state index is -0.609. The van der Waals surface area contributed by atoms with Crippen molar-refractivity contribution in [3.05, 3.63) is 74.6 Å². The molecule has 0 fully saturated rings. The van der Waals surface area contributed by atoms with Gasteiger partial charge in [-0.15, -0.1) is 11.3 Å². The maximum Gasteiger partial charge on any atom is 0.270 e. The zero-order valence-corrected chi connectivity index (χ0v) is 14.7. The van der Waals surface area contributed by atoms with Crippen molar-refractivity contribution in [2.24, 2.45) is 5.10 Å². The molecular weight excluding hydrogens is 368 g/mol. The molecule has 0 radical (unpaired) electrons. The van der Waals surface area contributed by atoms with Crippen LogP contribution < -0.4 is 10.5 Å². The van der Waals surface area contributed by atoms with Crippen molar-refractivity contribution in [1.82, 2.24) is 10.4 Å². The Hall–Kier alpha value is -3.59. The molecular formula is C18H13N4O4S-. The summed E-state index contributed by atoms with van der Waals surface area (Å²) in [5.74, 6) is -0.830. The monoisotopic (exact) mass is 381 g/mol. The summed E-state index contributed by atoms with van der Waals surface area (Å²) in [4.78, 5) is 26.5. The molecule has 1 heterocycles. The Balaban J connectivity index is 1.60. The van der Waals surface area contributed by atoms with Gasteiger partial charge in [-0.05, 0) is 5.56 Å². The number of nitro groups is 1. The molecule has 1 aromatic heterocycles. The summed E-state index contributed by atoms with van der Waals surface area (Å²) in [6, 6.07) is 12.9. The van der Waals surface area contributed by atoms with E-state index < -0.39 is 16.6 Å². The molecule has 0 saturated heterocycles. The lowest BCUT2D eigenvalue weighted by Gasteiger charge is -2.08. The Labute approximate surface area is 158 Å². The van der Waals surface area contributed by atoms with Crippen LogP contribution in [0.2, 0.25) is 0 Å². The number of benzene rings is 2. The minimum absolute atomic E-state index is 0.0186. The molecule has 0 spiro atoms. The van der Waals surface area contributed by atoms with Crippen LogP contribution in [0.1, 0.15) is 10.6 Å². The Kier molecular flexibility index (Phi) is 5.53. The SMILES string of the molecule is O=C(Cc1nc(-c2ccccc2)cs1)N/N=C\c1cc([N+](=O)[O-])ccc1[O-]. The number of hydrogen-bond acceptors (Lipinski definition) is 7. The maximum absolute atomic E-state index is 12.0. The van der Waals surface area contributed by atoms with Crippen molar-refractivity contribution in [1.29, 1.82) is 0 Å². The molecule has 3 aromatic rings. The van der Waals surface area contributed by atoms with Gasteiger partial charge in [-0.25, -0.2) is 10.4 Å². The second kappa shape index (κ2) is 8.19. The maximum atomic E-state index is 12.0. The van der Waals surface area contributed by atoms with Crippen LogP contribution in [0.3, 0.4) is 0 Å². The number of amides is 1. The number of nitrogens with zero attached hydrogens (tertiary/aromatic N) is 3. The number of hydrogen-bond donors (Lipinski definition) is 1. The Bertz CT molecular complexity index is 1000. The second-order valence-corrected chi connectivity index (χ2v) is 6.38. The number of thiazole rings is 1. The van der Waals surface area contributed by atoms with Gasteiger partial charge in [0.2, 0.25) is 5.91 Å².